The standard InChI is InChI=1S/C14H13BF2O3/c1-9-2-5-13(17)14(6-9)20-8-10-3-4-11(16)7-12(10)15(18)19/h2-7,18-19H,8H2,1H3. The van der Waals surface area contributed by atoms with E-state index in [1.807, 2.05) is 0 Å². The Labute approximate surface area is 115 Å². The lowest BCUT2D eigenvalue weighted by atomic mass is 9.77. The van der Waals surface area contributed by atoms with Crippen molar-refractivity contribution in [3.05, 3.63) is 59.2 Å². The Bertz CT molecular complexity index is 617. The Kier molecular flexibility index (Phi) is 4.37. The van der Waals surface area contributed by atoms with Crippen molar-refractivity contribution in [3.8, 4) is 5.75 Å². The van der Waals surface area contributed by atoms with Crippen molar-refractivity contribution in [1.82, 2.24) is 0 Å². The summed E-state index contributed by atoms with van der Waals surface area (Å²) in [5.74, 6) is -1.03. The van der Waals surface area contributed by atoms with Crippen molar-refractivity contribution in [3.63, 3.8) is 0 Å². The molecule has 3 nitrogen and oxygen atoms in total. The smallest absolute Gasteiger partial charge is 0.486 e. The summed E-state index contributed by atoms with van der Waals surface area (Å²) in [5, 5.41) is 18.4. The highest BCUT2D eigenvalue weighted by molar-refractivity contribution is 6.59. The zero-order chi connectivity index (χ0) is 14.7. The van der Waals surface area contributed by atoms with Gasteiger partial charge in [-0.25, -0.2) is 8.78 Å². The zero-order valence-electron chi connectivity index (χ0n) is 10.8. The third-order valence-electron chi connectivity index (χ3n) is 2.86. The van der Waals surface area contributed by atoms with Crippen LogP contribution in [0.3, 0.4) is 0 Å². The highest BCUT2D eigenvalue weighted by Gasteiger charge is 2.17. The molecule has 0 radical (unpaired) electrons. The first-order chi connectivity index (χ1) is 9.47. The minimum atomic E-state index is -1.81. The Morgan fingerprint density at radius 1 is 1.10 bits per heavy atom. The van der Waals surface area contributed by atoms with Crippen LogP contribution in [-0.4, -0.2) is 17.2 Å². The normalized spacial score (nSPS) is 10.4. The van der Waals surface area contributed by atoms with Gasteiger partial charge < -0.3 is 14.8 Å². The molecule has 0 saturated carbocycles. The fraction of sp³-hybridized carbons (Fsp3) is 0.143. The van der Waals surface area contributed by atoms with Gasteiger partial charge in [0.15, 0.2) is 11.6 Å². The Morgan fingerprint density at radius 3 is 2.55 bits per heavy atom. The third kappa shape index (κ3) is 3.34. The van der Waals surface area contributed by atoms with E-state index in [9.17, 15) is 18.8 Å². The van der Waals surface area contributed by atoms with Crippen LogP contribution in [0.5, 0.6) is 5.75 Å². The van der Waals surface area contributed by atoms with Crippen molar-refractivity contribution in [2.45, 2.75) is 13.5 Å². The molecule has 0 spiro atoms. The van der Waals surface area contributed by atoms with E-state index in [0.29, 0.717) is 5.56 Å². The van der Waals surface area contributed by atoms with E-state index in [4.69, 9.17) is 4.74 Å². The van der Waals surface area contributed by atoms with Crippen molar-refractivity contribution < 1.29 is 23.6 Å². The number of aryl methyl sites for hydroxylation is 1. The molecule has 0 aliphatic rings. The maximum absolute atomic E-state index is 13.5. The first-order valence-electron chi connectivity index (χ1n) is 6.01. The molecule has 0 heterocycles. The molecular weight excluding hydrogens is 265 g/mol. The number of rotatable bonds is 4. The molecule has 2 aromatic rings. The van der Waals surface area contributed by atoms with Gasteiger partial charge in [-0.1, -0.05) is 12.1 Å². The Hall–Kier alpha value is -1.92. The third-order valence-corrected chi connectivity index (χ3v) is 2.86. The van der Waals surface area contributed by atoms with Crippen LogP contribution in [0.1, 0.15) is 11.1 Å². The summed E-state index contributed by atoms with van der Waals surface area (Å²) in [6.45, 7) is 1.71. The molecule has 0 aliphatic carbocycles. The topological polar surface area (TPSA) is 49.7 Å². The molecule has 0 bridgehead atoms. The second-order valence-corrected chi connectivity index (χ2v) is 4.44. The van der Waals surface area contributed by atoms with Gasteiger partial charge >= 0.3 is 7.12 Å². The second-order valence-electron chi connectivity index (χ2n) is 4.44. The maximum atomic E-state index is 13.5. The minimum Gasteiger partial charge on any atom is -0.486 e. The summed E-state index contributed by atoms with van der Waals surface area (Å²) in [7, 11) is -1.81. The summed E-state index contributed by atoms with van der Waals surface area (Å²) in [5.41, 5.74) is 1.21. The molecular formula is C14H13BF2O3. The van der Waals surface area contributed by atoms with E-state index in [2.05, 4.69) is 0 Å². The van der Waals surface area contributed by atoms with Gasteiger partial charge in [0.2, 0.25) is 0 Å². The molecule has 2 aromatic carbocycles. The average Bonchev–Trinajstić information content (AvgIpc) is 2.40. The van der Waals surface area contributed by atoms with Crippen LogP contribution in [0.25, 0.3) is 0 Å². The van der Waals surface area contributed by atoms with Crippen LogP contribution >= 0.6 is 0 Å². The second kappa shape index (κ2) is 6.03. The number of hydrogen-bond donors (Lipinski definition) is 2. The molecule has 0 aliphatic heterocycles. The summed E-state index contributed by atoms with van der Waals surface area (Å²) in [6, 6.07) is 8.00. The monoisotopic (exact) mass is 278 g/mol. The molecule has 6 heteroatoms. The van der Waals surface area contributed by atoms with Gasteiger partial charge in [0, 0.05) is 0 Å². The quantitative estimate of drug-likeness (QED) is 0.834. The van der Waals surface area contributed by atoms with E-state index in [1.54, 1.807) is 13.0 Å². The molecule has 0 fully saturated rings. The summed E-state index contributed by atoms with van der Waals surface area (Å²) >= 11 is 0. The van der Waals surface area contributed by atoms with Crippen LogP contribution in [-0.2, 0) is 6.61 Å². The molecule has 2 rings (SSSR count). The molecule has 104 valence electrons. The van der Waals surface area contributed by atoms with Crippen molar-refractivity contribution in [2.75, 3.05) is 0 Å². The van der Waals surface area contributed by atoms with Crippen LogP contribution in [0, 0.1) is 18.6 Å². The predicted molar refractivity (Wildman–Crippen MR) is 71.7 cm³/mol. The van der Waals surface area contributed by atoms with Gasteiger partial charge in [-0.15, -0.1) is 0 Å². The van der Waals surface area contributed by atoms with Crippen molar-refractivity contribution in [2.24, 2.45) is 0 Å². The molecule has 20 heavy (non-hydrogen) atoms. The fourth-order valence-corrected chi connectivity index (χ4v) is 1.81. The maximum Gasteiger partial charge on any atom is 0.488 e. The highest BCUT2D eigenvalue weighted by atomic mass is 19.1. The lowest BCUT2D eigenvalue weighted by molar-refractivity contribution is 0.290. The van der Waals surface area contributed by atoms with E-state index < -0.39 is 18.8 Å². The lowest BCUT2D eigenvalue weighted by Gasteiger charge is -2.12. The Morgan fingerprint density at radius 2 is 1.85 bits per heavy atom. The van der Waals surface area contributed by atoms with Gasteiger partial charge in [0.05, 0.1) is 0 Å². The molecule has 0 amide bonds. The molecule has 0 aromatic heterocycles. The van der Waals surface area contributed by atoms with Crippen molar-refractivity contribution in [1.29, 1.82) is 0 Å². The van der Waals surface area contributed by atoms with Gasteiger partial charge in [-0.3, -0.25) is 0 Å². The minimum absolute atomic E-state index is 0.00180. The van der Waals surface area contributed by atoms with Crippen molar-refractivity contribution >= 4 is 12.6 Å². The predicted octanol–water partition coefficient (Wildman–Crippen LogP) is 1.53. The first-order valence-corrected chi connectivity index (χ1v) is 6.01. The molecule has 2 N–H and O–H groups in total. The number of ether oxygens (including phenoxy) is 1. The summed E-state index contributed by atoms with van der Waals surface area (Å²) in [4.78, 5) is 0. The summed E-state index contributed by atoms with van der Waals surface area (Å²) in [6.07, 6.45) is 0. The van der Waals surface area contributed by atoms with Gasteiger partial charge in [-0.05, 0) is 47.8 Å². The van der Waals surface area contributed by atoms with E-state index in [0.717, 1.165) is 11.6 Å². The van der Waals surface area contributed by atoms with E-state index in [-0.39, 0.29) is 17.8 Å². The lowest BCUT2D eigenvalue weighted by Crippen LogP contribution is -2.34. The molecule has 0 saturated heterocycles. The van der Waals surface area contributed by atoms with Crippen LogP contribution < -0.4 is 10.2 Å². The summed E-state index contributed by atoms with van der Waals surface area (Å²) < 4.78 is 31.9. The van der Waals surface area contributed by atoms with Gasteiger partial charge in [-0.2, -0.15) is 0 Å². The average molecular weight is 278 g/mol. The number of hydrogen-bond acceptors (Lipinski definition) is 3. The highest BCUT2D eigenvalue weighted by Crippen LogP contribution is 2.19. The van der Waals surface area contributed by atoms with Crippen LogP contribution in [0.15, 0.2) is 36.4 Å². The van der Waals surface area contributed by atoms with E-state index >= 15 is 0 Å². The molecule has 0 atom stereocenters. The van der Waals surface area contributed by atoms with E-state index in [1.165, 1.54) is 24.3 Å². The number of halogens is 2. The van der Waals surface area contributed by atoms with Gasteiger partial charge in [0.1, 0.15) is 12.4 Å². The SMILES string of the molecule is Cc1ccc(F)c(OCc2ccc(F)cc2B(O)O)c1. The van der Waals surface area contributed by atoms with Crippen LogP contribution in [0.4, 0.5) is 8.78 Å². The largest absolute Gasteiger partial charge is 0.488 e. The Balaban J connectivity index is 2.20. The van der Waals surface area contributed by atoms with Gasteiger partial charge in [0.25, 0.3) is 0 Å². The molecule has 0 unspecified atom stereocenters. The fourth-order valence-electron chi connectivity index (χ4n) is 1.81. The number of benzene rings is 2. The first kappa shape index (κ1) is 14.5. The van der Waals surface area contributed by atoms with Crippen LogP contribution in [0.2, 0.25) is 0 Å². The zero-order valence-corrected chi connectivity index (χ0v) is 10.8.